The van der Waals surface area contributed by atoms with E-state index in [1.807, 2.05) is 59.5 Å². The second-order valence-corrected chi connectivity index (χ2v) is 8.90. The number of benzene rings is 2. The first-order valence-corrected chi connectivity index (χ1v) is 9.40. The van der Waals surface area contributed by atoms with Gasteiger partial charge in [0.25, 0.3) is 0 Å². The lowest BCUT2D eigenvalue weighted by molar-refractivity contribution is 0.100. The van der Waals surface area contributed by atoms with E-state index in [1.54, 1.807) is 11.8 Å². The molecule has 0 saturated heterocycles. The van der Waals surface area contributed by atoms with Crippen molar-refractivity contribution in [2.45, 2.75) is 18.6 Å². The fraction of sp³-hybridized carbons (Fsp3) is 0.263. The van der Waals surface area contributed by atoms with Gasteiger partial charge in [-0.05, 0) is 38.1 Å². The number of anilines is 1. The number of aliphatic imine (C=N–C) groups is 1. The second kappa shape index (κ2) is 7.11. The summed E-state index contributed by atoms with van der Waals surface area (Å²) in [5.41, 5.74) is 1.70. The first-order valence-electron chi connectivity index (χ1n) is 7.79. The normalized spacial score (nSPS) is 15.9. The van der Waals surface area contributed by atoms with Crippen LogP contribution >= 0.6 is 27.7 Å². The van der Waals surface area contributed by atoms with E-state index in [-0.39, 0.29) is 17.1 Å². The Kier molecular flexibility index (Phi) is 5.11. The van der Waals surface area contributed by atoms with Gasteiger partial charge in [-0.25, -0.2) is 0 Å². The van der Waals surface area contributed by atoms with Crippen molar-refractivity contribution in [3.8, 4) is 0 Å². The summed E-state index contributed by atoms with van der Waals surface area (Å²) in [7, 11) is 0. The molecule has 0 bridgehead atoms. The maximum atomic E-state index is 12.7. The predicted octanol–water partition coefficient (Wildman–Crippen LogP) is 5.02. The van der Waals surface area contributed by atoms with Crippen LogP contribution in [0.2, 0.25) is 0 Å². The summed E-state index contributed by atoms with van der Waals surface area (Å²) in [5, 5.41) is 0.914. The smallest absolute Gasteiger partial charge is 0.182 e. The highest BCUT2D eigenvalue weighted by atomic mass is 79.9. The number of Topliss-reactive ketones (excluding diaryl/α,β-unsaturated/α-hetero) is 1. The molecule has 1 aliphatic heterocycles. The molecule has 3 nitrogen and oxygen atoms in total. The van der Waals surface area contributed by atoms with Crippen LogP contribution in [0.4, 0.5) is 5.69 Å². The van der Waals surface area contributed by atoms with Crippen molar-refractivity contribution in [2.75, 3.05) is 18.0 Å². The number of carbonyl (C=O) groups is 1. The Balaban J connectivity index is 1.85. The second-order valence-electron chi connectivity index (χ2n) is 6.31. The molecule has 0 amide bonds. The van der Waals surface area contributed by atoms with E-state index < -0.39 is 0 Å². The fourth-order valence-corrected chi connectivity index (χ4v) is 3.76. The average Bonchev–Trinajstić information content (AvgIpc) is 2.93. The third kappa shape index (κ3) is 4.08. The van der Waals surface area contributed by atoms with E-state index in [0.717, 1.165) is 21.9 Å². The van der Waals surface area contributed by atoms with Crippen molar-refractivity contribution in [3.63, 3.8) is 0 Å². The van der Waals surface area contributed by atoms with Crippen LogP contribution in [0, 0.1) is 0 Å². The number of halogens is 1. The Morgan fingerprint density at radius 1 is 1.17 bits per heavy atom. The molecule has 5 heteroatoms. The third-order valence-electron chi connectivity index (χ3n) is 3.73. The van der Waals surface area contributed by atoms with E-state index >= 15 is 0 Å². The van der Waals surface area contributed by atoms with Gasteiger partial charge in [-0.15, -0.1) is 0 Å². The Morgan fingerprint density at radius 2 is 1.83 bits per heavy atom. The van der Waals surface area contributed by atoms with Crippen molar-refractivity contribution in [1.29, 1.82) is 0 Å². The monoisotopic (exact) mass is 402 g/mol. The van der Waals surface area contributed by atoms with Crippen LogP contribution in [0.5, 0.6) is 0 Å². The molecule has 0 atom stereocenters. The van der Waals surface area contributed by atoms with Gasteiger partial charge in [0, 0.05) is 20.5 Å². The minimum atomic E-state index is 0.0724. The van der Waals surface area contributed by atoms with Crippen LogP contribution in [-0.2, 0) is 0 Å². The predicted molar refractivity (Wildman–Crippen MR) is 106 cm³/mol. The number of ketones is 1. The van der Waals surface area contributed by atoms with Crippen LogP contribution in [0.15, 0.2) is 64.1 Å². The van der Waals surface area contributed by atoms with E-state index in [1.165, 1.54) is 0 Å². The summed E-state index contributed by atoms with van der Waals surface area (Å²) in [6, 6.07) is 17.5. The summed E-state index contributed by atoms with van der Waals surface area (Å²) in [6.07, 6.45) is 0. The Morgan fingerprint density at radius 3 is 2.42 bits per heavy atom. The molecular formula is C19H19BrN2OS. The third-order valence-corrected chi connectivity index (χ3v) is 5.47. The van der Waals surface area contributed by atoms with E-state index in [9.17, 15) is 4.79 Å². The average molecular weight is 403 g/mol. The molecule has 124 valence electrons. The number of amidine groups is 1. The Labute approximate surface area is 155 Å². The quantitative estimate of drug-likeness (QED) is 0.672. The maximum absolute atomic E-state index is 12.7. The first kappa shape index (κ1) is 17.2. The van der Waals surface area contributed by atoms with Gasteiger partial charge >= 0.3 is 0 Å². The van der Waals surface area contributed by atoms with Crippen molar-refractivity contribution >= 4 is 44.3 Å². The van der Waals surface area contributed by atoms with Gasteiger partial charge in [-0.1, -0.05) is 58.0 Å². The van der Waals surface area contributed by atoms with Gasteiger partial charge in [0.2, 0.25) is 0 Å². The highest BCUT2D eigenvalue weighted by molar-refractivity contribution is 9.10. The largest absolute Gasteiger partial charge is 0.313 e. The topological polar surface area (TPSA) is 32.7 Å². The van der Waals surface area contributed by atoms with Crippen molar-refractivity contribution in [3.05, 3.63) is 64.6 Å². The van der Waals surface area contributed by atoms with E-state index in [0.29, 0.717) is 5.56 Å². The van der Waals surface area contributed by atoms with Crippen LogP contribution < -0.4 is 4.90 Å². The highest BCUT2D eigenvalue weighted by Crippen LogP contribution is 2.35. The summed E-state index contributed by atoms with van der Waals surface area (Å²) in [5.74, 6) is 0.0827. The summed E-state index contributed by atoms with van der Waals surface area (Å²) < 4.78 is 1.04. The molecule has 0 fully saturated rings. The van der Waals surface area contributed by atoms with Gasteiger partial charge in [-0.3, -0.25) is 9.79 Å². The molecule has 24 heavy (non-hydrogen) atoms. The molecule has 0 aromatic heterocycles. The molecule has 0 aliphatic carbocycles. The van der Waals surface area contributed by atoms with Gasteiger partial charge in [-0.2, -0.15) is 0 Å². The zero-order valence-corrected chi connectivity index (χ0v) is 16.1. The summed E-state index contributed by atoms with van der Waals surface area (Å²) in [4.78, 5) is 19.4. The number of rotatable bonds is 4. The molecule has 0 radical (unpaired) electrons. The van der Waals surface area contributed by atoms with Crippen molar-refractivity contribution in [2.24, 2.45) is 4.99 Å². The van der Waals surface area contributed by atoms with Crippen LogP contribution in [0.1, 0.15) is 24.2 Å². The van der Waals surface area contributed by atoms with E-state index in [2.05, 4.69) is 34.8 Å². The molecule has 2 aromatic rings. The Hall–Kier alpha value is -1.59. The number of hydrogen-bond donors (Lipinski definition) is 0. The van der Waals surface area contributed by atoms with Crippen molar-refractivity contribution in [1.82, 2.24) is 0 Å². The molecular weight excluding hydrogens is 384 g/mol. The standard InChI is InChI=1S/C19H19BrN2OS/c1-19(2)13-21-18(24-19)22(16-6-4-3-5-7-16)12-17(23)14-8-10-15(20)11-9-14/h3-11H,12-13H2,1-2H3. The molecule has 0 unspecified atom stereocenters. The molecule has 0 spiro atoms. The van der Waals surface area contributed by atoms with Gasteiger partial charge in [0.15, 0.2) is 11.0 Å². The number of nitrogens with zero attached hydrogens (tertiary/aromatic N) is 2. The highest BCUT2D eigenvalue weighted by Gasteiger charge is 2.31. The zero-order valence-electron chi connectivity index (χ0n) is 13.7. The SMILES string of the molecule is CC1(C)CN=C(N(CC(=O)c2ccc(Br)cc2)c2ccccc2)S1. The lowest BCUT2D eigenvalue weighted by Gasteiger charge is -2.25. The fourth-order valence-electron chi connectivity index (χ4n) is 2.46. The van der Waals surface area contributed by atoms with Gasteiger partial charge in [0.1, 0.15) is 0 Å². The zero-order chi connectivity index (χ0) is 17.2. The van der Waals surface area contributed by atoms with E-state index in [4.69, 9.17) is 0 Å². The maximum Gasteiger partial charge on any atom is 0.182 e. The van der Waals surface area contributed by atoms with Crippen LogP contribution in [-0.4, -0.2) is 28.8 Å². The molecule has 2 aromatic carbocycles. The number of hydrogen-bond acceptors (Lipinski definition) is 4. The molecule has 1 heterocycles. The molecule has 1 aliphatic rings. The van der Waals surface area contributed by atoms with Gasteiger partial charge < -0.3 is 4.90 Å². The molecule has 0 N–H and O–H groups in total. The number of carbonyl (C=O) groups excluding carboxylic acids is 1. The summed E-state index contributed by atoms with van der Waals surface area (Å²) in [6.45, 7) is 5.40. The molecule has 0 saturated carbocycles. The minimum Gasteiger partial charge on any atom is -0.313 e. The van der Waals surface area contributed by atoms with Gasteiger partial charge in [0.05, 0.1) is 13.1 Å². The Bertz CT molecular complexity index is 757. The first-order chi connectivity index (χ1) is 11.4. The number of thioether (sulfide) groups is 1. The lowest BCUT2D eigenvalue weighted by Crippen LogP contribution is -2.34. The number of para-hydroxylation sites is 1. The van der Waals surface area contributed by atoms with Crippen LogP contribution in [0.3, 0.4) is 0 Å². The lowest BCUT2D eigenvalue weighted by atomic mass is 10.1. The minimum absolute atomic E-state index is 0.0724. The molecule has 3 rings (SSSR count). The summed E-state index contributed by atoms with van der Waals surface area (Å²) >= 11 is 5.13. The van der Waals surface area contributed by atoms with Crippen molar-refractivity contribution < 1.29 is 4.79 Å². The van der Waals surface area contributed by atoms with Crippen LogP contribution in [0.25, 0.3) is 0 Å².